The number of alkyl halides is 1. The van der Waals surface area contributed by atoms with Gasteiger partial charge < -0.3 is 14.2 Å². The highest BCUT2D eigenvalue weighted by molar-refractivity contribution is 5.89. The first-order valence-corrected chi connectivity index (χ1v) is 9.14. The first kappa shape index (κ1) is 21.4. The molecule has 1 saturated heterocycles. The molecule has 1 aromatic heterocycles. The van der Waals surface area contributed by atoms with Crippen LogP contribution in [0.4, 0.5) is 4.39 Å². The molecule has 0 unspecified atom stereocenters. The van der Waals surface area contributed by atoms with Crippen molar-refractivity contribution in [2.24, 2.45) is 0 Å². The molecule has 1 aromatic carbocycles. The van der Waals surface area contributed by atoms with Gasteiger partial charge in [-0.2, -0.15) is 0 Å². The highest BCUT2D eigenvalue weighted by Gasteiger charge is 2.66. The lowest BCUT2D eigenvalue weighted by Gasteiger charge is -2.36. The number of carbonyl (C=O) groups is 2. The second-order valence-electron chi connectivity index (χ2n) is 7.24. The lowest BCUT2D eigenvalue weighted by molar-refractivity contribution is -0.175. The molecule has 0 saturated carbocycles. The van der Waals surface area contributed by atoms with Gasteiger partial charge >= 0.3 is 17.6 Å². The largest absolute Gasteiger partial charge is 0.459 e. The third kappa shape index (κ3) is 3.78. The Morgan fingerprint density at radius 3 is 2.47 bits per heavy atom. The minimum atomic E-state index is -2.41. The third-order valence-electron chi connectivity index (χ3n) is 5.18. The van der Waals surface area contributed by atoms with Crippen LogP contribution in [0.2, 0.25) is 0 Å². The van der Waals surface area contributed by atoms with Gasteiger partial charge in [-0.05, 0) is 26.0 Å². The predicted octanol–water partition coefficient (Wildman–Crippen LogP) is 1.34. The van der Waals surface area contributed by atoms with Crippen LogP contribution in [0.25, 0.3) is 0 Å². The molecule has 3 rings (SSSR count). The zero-order chi connectivity index (χ0) is 22.1. The molecule has 160 valence electrons. The Hall–Kier alpha value is -3.27. The van der Waals surface area contributed by atoms with Crippen LogP contribution in [0, 0.1) is 0 Å². The van der Waals surface area contributed by atoms with Crippen LogP contribution in [0.5, 0.6) is 0 Å². The Kier molecular flexibility index (Phi) is 5.62. The summed E-state index contributed by atoms with van der Waals surface area (Å²) in [7, 11) is 0. The lowest BCUT2D eigenvalue weighted by Crippen LogP contribution is -2.55. The molecule has 9 nitrogen and oxygen atoms in total. The number of benzene rings is 1. The van der Waals surface area contributed by atoms with Crippen molar-refractivity contribution in [3.05, 3.63) is 69.0 Å². The van der Waals surface area contributed by atoms with Crippen LogP contribution >= 0.6 is 0 Å². The predicted molar refractivity (Wildman–Crippen MR) is 102 cm³/mol. The molecule has 10 heteroatoms. The maximum atomic E-state index is 16.0. The summed E-state index contributed by atoms with van der Waals surface area (Å²) in [5.41, 5.74) is -5.59. The van der Waals surface area contributed by atoms with E-state index in [4.69, 9.17) is 14.2 Å². The fraction of sp³-hybridized carbons (Fsp3) is 0.400. The number of halogens is 1. The van der Waals surface area contributed by atoms with Gasteiger partial charge in [0.2, 0.25) is 0 Å². The second kappa shape index (κ2) is 7.86. The van der Waals surface area contributed by atoms with E-state index in [0.717, 1.165) is 30.7 Å². The average molecular weight is 420 g/mol. The molecular formula is C20H21FN2O7. The van der Waals surface area contributed by atoms with Crippen LogP contribution in [-0.4, -0.2) is 45.5 Å². The third-order valence-corrected chi connectivity index (χ3v) is 5.18. The number of esters is 2. The van der Waals surface area contributed by atoms with E-state index in [1.165, 1.54) is 6.92 Å². The zero-order valence-corrected chi connectivity index (χ0v) is 16.6. The van der Waals surface area contributed by atoms with Crippen LogP contribution in [0.3, 0.4) is 0 Å². The molecule has 1 aliphatic rings. The summed E-state index contributed by atoms with van der Waals surface area (Å²) in [6.07, 6.45) is -1.70. The molecule has 1 N–H and O–H groups in total. The molecule has 1 fully saturated rings. The van der Waals surface area contributed by atoms with Crippen molar-refractivity contribution in [3.8, 4) is 0 Å². The molecule has 2 aromatic rings. The summed E-state index contributed by atoms with van der Waals surface area (Å²) in [6.45, 7) is 3.07. The van der Waals surface area contributed by atoms with E-state index in [1.807, 2.05) is 4.98 Å². The number of H-pyrrole nitrogens is 1. The highest BCUT2D eigenvalue weighted by Crippen LogP contribution is 2.49. The van der Waals surface area contributed by atoms with Crippen molar-refractivity contribution in [2.75, 3.05) is 6.61 Å². The standard InChI is InChI=1S/C20H21FN2O7/c1-12(24)30-20(3)14(11-28-16(26)13-7-5-4-6-8-13)29-17(19(20,2)21)23-10-9-15(25)22-18(23)27/h4-10,14,17H,11H2,1-3H3,(H,22,25,27)/t14-,17-,19+,20+/m1/s1. The van der Waals surface area contributed by atoms with E-state index in [1.54, 1.807) is 30.3 Å². The van der Waals surface area contributed by atoms with Crippen molar-refractivity contribution in [3.63, 3.8) is 0 Å². The average Bonchev–Trinajstić information content (AvgIpc) is 2.86. The SMILES string of the molecule is CC(=O)O[C@@]1(C)[C@@H](COC(=O)c2ccccc2)O[C@@H](n2ccc(=O)[nH]c2=O)[C@]1(C)F. The molecule has 0 aliphatic carbocycles. The van der Waals surface area contributed by atoms with Gasteiger partial charge in [0.15, 0.2) is 17.5 Å². The maximum absolute atomic E-state index is 16.0. The van der Waals surface area contributed by atoms with E-state index >= 15 is 4.39 Å². The Morgan fingerprint density at radius 2 is 1.87 bits per heavy atom. The van der Waals surface area contributed by atoms with Gasteiger partial charge in [0.25, 0.3) is 5.56 Å². The molecule has 4 atom stereocenters. The first-order valence-electron chi connectivity index (χ1n) is 9.14. The van der Waals surface area contributed by atoms with E-state index in [-0.39, 0.29) is 5.56 Å². The number of aromatic amines is 1. The fourth-order valence-corrected chi connectivity index (χ4v) is 3.38. The van der Waals surface area contributed by atoms with E-state index in [2.05, 4.69) is 0 Å². The first-order chi connectivity index (χ1) is 14.1. The Balaban J connectivity index is 1.92. The number of hydrogen-bond donors (Lipinski definition) is 1. The molecule has 30 heavy (non-hydrogen) atoms. The van der Waals surface area contributed by atoms with E-state index in [0.29, 0.717) is 0 Å². The smallest absolute Gasteiger partial charge is 0.338 e. The quantitative estimate of drug-likeness (QED) is 0.726. The van der Waals surface area contributed by atoms with Crippen molar-refractivity contribution in [1.82, 2.24) is 9.55 Å². The topological polar surface area (TPSA) is 117 Å². The minimum Gasteiger partial charge on any atom is -0.459 e. The molecule has 2 heterocycles. The number of hydrogen-bond acceptors (Lipinski definition) is 7. The molecule has 0 amide bonds. The zero-order valence-electron chi connectivity index (χ0n) is 16.6. The van der Waals surface area contributed by atoms with Gasteiger partial charge in [-0.15, -0.1) is 0 Å². The number of aromatic nitrogens is 2. The summed E-state index contributed by atoms with van der Waals surface area (Å²) in [5, 5.41) is 0. The van der Waals surface area contributed by atoms with Gasteiger partial charge in [0, 0.05) is 19.2 Å². The molecule has 0 spiro atoms. The van der Waals surface area contributed by atoms with Crippen molar-refractivity contribution >= 4 is 11.9 Å². The number of rotatable bonds is 5. The van der Waals surface area contributed by atoms with Gasteiger partial charge in [-0.1, -0.05) is 18.2 Å². The van der Waals surface area contributed by atoms with Crippen molar-refractivity contribution in [1.29, 1.82) is 0 Å². The fourth-order valence-electron chi connectivity index (χ4n) is 3.38. The molecule has 0 bridgehead atoms. The summed E-state index contributed by atoms with van der Waals surface area (Å²) in [4.78, 5) is 49.5. The van der Waals surface area contributed by atoms with Gasteiger partial charge in [-0.25, -0.2) is 14.0 Å². The van der Waals surface area contributed by atoms with E-state index in [9.17, 15) is 19.2 Å². The Labute approximate surface area is 170 Å². The van der Waals surface area contributed by atoms with E-state index < -0.39 is 53.4 Å². The normalized spacial score (nSPS) is 28.1. The van der Waals surface area contributed by atoms with Crippen LogP contribution in [0.15, 0.2) is 52.2 Å². The Morgan fingerprint density at radius 1 is 1.20 bits per heavy atom. The Bertz CT molecular complexity index is 1060. The number of carbonyl (C=O) groups excluding carboxylic acids is 2. The van der Waals surface area contributed by atoms with Crippen molar-refractivity contribution in [2.45, 2.75) is 44.4 Å². The molecule has 0 radical (unpaired) electrons. The number of nitrogens with zero attached hydrogens (tertiary/aromatic N) is 1. The van der Waals surface area contributed by atoms with Gasteiger partial charge in [-0.3, -0.25) is 19.1 Å². The summed E-state index contributed by atoms with van der Waals surface area (Å²) < 4.78 is 33.0. The summed E-state index contributed by atoms with van der Waals surface area (Å²) >= 11 is 0. The molecule has 1 aliphatic heterocycles. The summed E-state index contributed by atoms with van der Waals surface area (Å²) in [5.74, 6) is -1.45. The second-order valence-corrected chi connectivity index (χ2v) is 7.24. The maximum Gasteiger partial charge on any atom is 0.338 e. The number of ether oxygens (including phenoxy) is 3. The van der Waals surface area contributed by atoms with Crippen LogP contribution in [-0.2, 0) is 19.0 Å². The van der Waals surface area contributed by atoms with Crippen LogP contribution in [0.1, 0.15) is 37.4 Å². The monoisotopic (exact) mass is 420 g/mol. The number of nitrogens with one attached hydrogen (secondary N) is 1. The lowest BCUT2D eigenvalue weighted by atomic mass is 9.84. The highest BCUT2D eigenvalue weighted by atomic mass is 19.1. The van der Waals surface area contributed by atoms with Gasteiger partial charge in [0.1, 0.15) is 12.7 Å². The molecular weight excluding hydrogens is 399 g/mol. The van der Waals surface area contributed by atoms with Crippen molar-refractivity contribution < 1.29 is 28.2 Å². The minimum absolute atomic E-state index is 0.279. The van der Waals surface area contributed by atoms with Gasteiger partial charge in [0.05, 0.1) is 5.56 Å². The summed E-state index contributed by atoms with van der Waals surface area (Å²) in [6, 6.07) is 9.17. The van der Waals surface area contributed by atoms with Crippen LogP contribution < -0.4 is 11.2 Å².